The minimum Gasteiger partial charge on any atom is -0.476 e. The van der Waals surface area contributed by atoms with E-state index in [9.17, 15) is 9.18 Å². The third-order valence-corrected chi connectivity index (χ3v) is 2.53. The molecule has 2 aromatic rings. The quantitative estimate of drug-likeness (QED) is 0.928. The van der Waals surface area contributed by atoms with Crippen LogP contribution in [-0.2, 0) is 0 Å². The van der Waals surface area contributed by atoms with Crippen LogP contribution in [0.3, 0.4) is 0 Å². The van der Waals surface area contributed by atoms with Crippen LogP contribution >= 0.6 is 0 Å². The summed E-state index contributed by atoms with van der Waals surface area (Å²) in [6, 6.07) is 5.24. The number of benzene rings is 1. The monoisotopic (exact) mass is 276 g/mol. The summed E-state index contributed by atoms with van der Waals surface area (Å²) in [6.45, 7) is 3.73. The standard InChI is InChI=1S/C14H13FN2O3/c1-8(2)13-16-7-11(12(17-13)14(18)19)20-10-5-3-9(15)4-6-10/h3-8H,1-2H3,(H,18,19). The van der Waals surface area contributed by atoms with E-state index in [-0.39, 0.29) is 17.4 Å². The van der Waals surface area contributed by atoms with Crippen molar-refractivity contribution in [1.29, 1.82) is 0 Å². The van der Waals surface area contributed by atoms with Gasteiger partial charge in [0, 0.05) is 5.92 Å². The highest BCUT2D eigenvalue weighted by molar-refractivity contribution is 5.88. The van der Waals surface area contributed by atoms with Gasteiger partial charge in [-0.3, -0.25) is 0 Å². The maximum Gasteiger partial charge on any atom is 0.358 e. The molecular weight excluding hydrogens is 263 g/mol. The highest BCUT2D eigenvalue weighted by Crippen LogP contribution is 2.25. The Morgan fingerprint density at radius 3 is 2.50 bits per heavy atom. The Labute approximate surface area is 115 Å². The molecule has 0 aliphatic rings. The summed E-state index contributed by atoms with van der Waals surface area (Å²) in [7, 11) is 0. The summed E-state index contributed by atoms with van der Waals surface area (Å²) in [5.74, 6) is -0.834. The molecule has 0 radical (unpaired) electrons. The molecule has 0 amide bonds. The van der Waals surface area contributed by atoms with Crippen LogP contribution in [0.4, 0.5) is 4.39 Å². The fourth-order valence-corrected chi connectivity index (χ4v) is 1.52. The molecule has 0 fully saturated rings. The molecular formula is C14H13FN2O3. The van der Waals surface area contributed by atoms with Crippen LogP contribution in [0.5, 0.6) is 11.5 Å². The minimum atomic E-state index is -1.20. The normalized spacial score (nSPS) is 10.6. The van der Waals surface area contributed by atoms with E-state index >= 15 is 0 Å². The number of halogens is 1. The van der Waals surface area contributed by atoms with E-state index in [0.717, 1.165) is 0 Å². The van der Waals surface area contributed by atoms with Gasteiger partial charge in [0.25, 0.3) is 0 Å². The number of rotatable bonds is 4. The van der Waals surface area contributed by atoms with Gasteiger partial charge in [-0.1, -0.05) is 13.8 Å². The smallest absolute Gasteiger partial charge is 0.358 e. The first-order valence-electron chi connectivity index (χ1n) is 6.01. The largest absolute Gasteiger partial charge is 0.476 e. The van der Waals surface area contributed by atoms with E-state index < -0.39 is 11.8 Å². The van der Waals surface area contributed by atoms with Gasteiger partial charge in [-0.05, 0) is 24.3 Å². The molecule has 1 aromatic carbocycles. The molecule has 0 aliphatic carbocycles. The van der Waals surface area contributed by atoms with E-state index in [0.29, 0.717) is 11.6 Å². The van der Waals surface area contributed by atoms with Crippen LogP contribution in [0.1, 0.15) is 36.1 Å². The molecule has 20 heavy (non-hydrogen) atoms. The lowest BCUT2D eigenvalue weighted by Crippen LogP contribution is -2.08. The van der Waals surface area contributed by atoms with E-state index in [1.165, 1.54) is 30.5 Å². The SMILES string of the molecule is CC(C)c1ncc(Oc2ccc(F)cc2)c(C(=O)O)n1. The highest BCUT2D eigenvalue weighted by atomic mass is 19.1. The van der Waals surface area contributed by atoms with E-state index in [2.05, 4.69) is 9.97 Å². The van der Waals surface area contributed by atoms with E-state index in [1.54, 1.807) is 0 Å². The van der Waals surface area contributed by atoms with Gasteiger partial charge in [-0.15, -0.1) is 0 Å². The third kappa shape index (κ3) is 3.09. The van der Waals surface area contributed by atoms with Crippen LogP contribution in [0.25, 0.3) is 0 Å². The highest BCUT2D eigenvalue weighted by Gasteiger charge is 2.17. The van der Waals surface area contributed by atoms with Gasteiger partial charge in [0.1, 0.15) is 17.4 Å². The molecule has 0 aliphatic heterocycles. The molecule has 0 spiro atoms. The Morgan fingerprint density at radius 2 is 1.95 bits per heavy atom. The summed E-state index contributed by atoms with van der Waals surface area (Å²) in [5.41, 5.74) is -0.215. The van der Waals surface area contributed by atoms with Crippen molar-refractivity contribution in [2.75, 3.05) is 0 Å². The number of aromatic carboxylic acids is 1. The minimum absolute atomic E-state index is 0.00738. The molecule has 1 aromatic heterocycles. The van der Waals surface area contributed by atoms with Crippen molar-refractivity contribution in [3.05, 3.63) is 47.8 Å². The average Bonchev–Trinajstić information content (AvgIpc) is 2.41. The molecule has 1 heterocycles. The number of nitrogens with zero attached hydrogens (tertiary/aromatic N) is 2. The van der Waals surface area contributed by atoms with Crippen molar-refractivity contribution >= 4 is 5.97 Å². The summed E-state index contributed by atoms with van der Waals surface area (Å²) in [6.07, 6.45) is 1.31. The maximum atomic E-state index is 12.8. The Kier molecular flexibility index (Phi) is 3.93. The zero-order valence-corrected chi connectivity index (χ0v) is 11.0. The number of carbonyl (C=O) groups is 1. The summed E-state index contributed by atoms with van der Waals surface area (Å²) in [5, 5.41) is 9.16. The second kappa shape index (κ2) is 5.64. The summed E-state index contributed by atoms with van der Waals surface area (Å²) >= 11 is 0. The van der Waals surface area contributed by atoms with Gasteiger partial charge >= 0.3 is 5.97 Å². The number of carboxylic acids is 1. The number of hydrogen-bond donors (Lipinski definition) is 1. The number of hydrogen-bond acceptors (Lipinski definition) is 4. The zero-order valence-electron chi connectivity index (χ0n) is 11.0. The van der Waals surface area contributed by atoms with Crippen molar-refractivity contribution in [3.8, 4) is 11.5 Å². The van der Waals surface area contributed by atoms with Crippen LogP contribution in [-0.4, -0.2) is 21.0 Å². The Morgan fingerprint density at radius 1 is 1.30 bits per heavy atom. The molecule has 0 bridgehead atoms. The van der Waals surface area contributed by atoms with Gasteiger partial charge in [0.05, 0.1) is 6.20 Å². The fraction of sp³-hybridized carbons (Fsp3) is 0.214. The Balaban J connectivity index is 2.35. The van der Waals surface area contributed by atoms with E-state index in [1.807, 2.05) is 13.8 Å². The summed E-state index contributed by atoms with van der Waals surface area (Å²) < 4.78 is 18.2. The molecule has 0 atom stereocenters. The first kappa shape index (κ1) is 13.9. The predicted octanol–water partition coefficient (Wildman–Crippen LogP) is 3.23. The average molecular weight is 276 g/mol. The maximum absolute atomic E-state index is 12.8. The van der Waals surface area contributed by atoms with Gasteiger partial charge in [0.15, 0.2) is 11.4 Å². The lowest BCUT2D eigenvalue weighted by molar-refractivity contribution is 0.0686. The van der Waals surface area contributed by atoms with Gasteiger partial charge in [-0.25, -0.2) is 19.2 Å². The van der Waals surface area contributed by atoms with Crippen LogP contribution < -0.4 is 4.74 Å². The van der Waals surface area contributed by atoms with Crippen molar-refractivity contribution < 1.29 is 19.0 Å². The first-order valence-corrected chi connectivity index (χ1v) is 6.01. The molecule has 0 saturated carbocycles. The molecule has 1 N–H and O–H groups in total. The predicted molar refractivity (Wildman–Crippen MR) is 69.6 cm³/mol. The van der Waals surface area contributed by atoms with Crippen LogP contribution in [0.2, 0.25) is 0 Å². The molecule has 2 rings (SSSR count). The number of aromatic nitrogens is 2. The molecule has 0 unspecified atom stereocenters. The van der Waals surface area contributed by atoms with Gasteiger partial charge < -0.3 is 9.84 Å². The van der Waals surface area contributed by atoms with Crippen LogP contribution in [0, 0.1) is 5.82 Å². The number of carboxylic acid groups (broad SMARTS) is 1. The summed E-state index contributed by atoms with van der Waals surface area (Å²) in [4.78, 5) is 19.2. The van der Waals surface area contributed by atoms with Crippen molar-refractivity contribution in [2.24, 2.45) is 0 Å². The topological polar surface area (TPSA) is 72.3 Å². The number of ether oxygens (including phenoxy) is 1. The van der Waals surface area contributed by atoms with E-state index in [4.69, 9.17) is 9.84 Å². The Hall–Kier alpha value is -2.50. The first-order chi connectivity index (χ1) is 9.47. The van der Waals surface area contributed by atoms with Crippen molar-refractivity contribution in [2.45, 2.75) is 19.8 Å². The lowest BCUT2D eigenvalue weighted by Gasteiger charge is -2.10. The van der Waals surface area contributed by atoms with Crippen molar-refractivity contribution in [3.63, 3.8) is 0 Å². The Bertz CT molecular complexity index is 627. The second-order valence-corrected chi connectivity index (χ2v) is 4.46. The molecule has 0 saturated heterocycles. The molecule has 5 nitrogen and oxygen atoms in total. The van der Waals surface area contributed by atoms with Crippen molar-refractivity contribution in [1.82, 2.24) is 9.97 Å². The van der Waals surface area contributed by atoms with Gasteiger partial charge in [0.2, 0.25) is 0 Å². The fourth-order valence-electron chi connectivity index (χ4n) is 1.52. The molecule has 6 heteroatoms. The zero-order chi connectivity index (χ0) is 14.7. The lowest BCUT2D eigenvalue weighted by atomic mass is 10.2. The third-order valence-electron chi connectivity index (χ3n) is 2.53. The van der Waals surface area contributed by atoms with Crippen LogP contribution in [0.15, 0.2) is 30.5 Å². The van der Waals surface area contributed by atoms with Gasteiger partial charge in [-0.2, -0.15) is 0 Å². The molecule has 104 valence electrons. The second-order valence-electron chi connectivity index (χ2n) is 4.46.